The summed E-state index contributed by atoms with van der Waals surface area (Å²) in [5.41, 5.74) is 0.933. The van der Waals surface area contributed by atoms with Gasteiger partial charge in [0.25, 0.3) is 0 Å². The quantitative estimate of drug-likeness (QED) is 0.533. The zero-order valence-corrected chi connectivity index (χ0v) is 14.3. The molecule has 3 heterocycles. The molecule has 120 valence electrons. The average Bonchev–Trinajstić information content (AvgIpc) is 3.36. The summed E-state index contributed by atoms with van der Waals surface area (Å²) < 4.78 is 5.39. The molecular weight excluding hydrogens is 342 g/mol. The van der Waals surface area contributed by atoms with Crippen LogP contribution < -0.4 is 0 Å². The Morgan fingerprint density at radius 2 is 2.00 bits per heavy atom. The van der Waals surface area contributed by atoms with Gasteiger partial charge in [0.1, 0.15) is 0 Å². The molecule has 1 unspecified atom stereocenters. The number of nitrogens with one attached hydrogen (secondary N) is 1. The van der Waals surface area contributed by atoms with Crippen LogP contribution >= 0.6 is 23.1 Å². The molecule has 0 aliphatic heterocycles. The fraction of sp³-hybridized carbons (Fsp3) is 0.125. The van der Waals surface area contributed by atoms with Gasteiger partial charge < -0.3 is 4.52 Å². The lowest BCUT2D eigenvalue weighted by Gasteiger charge is -2.01. The fourth-order valence-electron chi connectivity index (χ4n) is 2.14. The second kappa shape index (κ2) is 6.58. The van der Waals surface area contributed by atoms with E-state index in [1.807, 2.05) is 54.8 Å². The van der Waals surface area contributed by atoms with Crippen LogP contribution in [0.5, 0.6) is 0 Å². The Labute approximate surface area is 146 Å². The number of aromatic nitrogens is 5. The average molecular weight is 355 g/mol. The standard InChI is InChI=1S/C16H13N5OS2/c1-10(15-17-13(21-22-15)11-6-3-2-4-7-11)24-16-18-14(19-20-16)12-8-5-9-23-12/h2-10H,1H3,(H,18,19,20). The second-order valence-corrected chi connectivity index (χ2v) is 7.28. The molecule has 0 spiro atoms. The van der Waals surface area contributed by atoms with Crippen LogP contribution in [0.15, 0.2) is 57.5 Å². The molecule has 1 atom stereocenters. The number of rotatable bonds is 5. The van der Waals surface area contributed by atoms with Crippen molar-refractivity contribution in [2.45, 2.75) is 17.3 Å². The highest BCUT2D eigenvalue weighted by atomic mass is 32.2. The SMILES string of the molecule is CC(Sc1n[nH]c(-c2cccs2)n1)c1nc(-c2ccccc2)no1. The number of benzene rings is 1. The molecule has 0 radical (unpaired) electrons. The van der Waals surface area contributed by atoms with Crippen molar-refractivity contribution in [2.24, 2.45) is 0 Å². The first-order valence-corrected chi connectivity index (χ1v) is 9.07. The summed E-state index contributed by atoms with van der Waals surface area (Å²) >= 11 is 3.10. The highest BCUT2D eigenvalue weighted by Gasteiger charge is 2.19. The van der Waals surface area contributed by atoms with Crippen LogP contribution in [0.3, 0.4) is 0 Å². The van der Waals surface area contributed by atoms with Gasteiger partial charge in [-0.3, -0.25) is 5.10 Å². The third kappa shape index (κ3) is 3.10. The number of aromatic amines is 1. The molecule has 6 nitrogen and oxygen atoms in total. The minimum Gasteiger partial charge on any atom is -0.338 e. The first kappa shape index (κ1) is 15.1. The molecule has 0 aliphatic carbocycles. The molecule has 1 aromatic carbocycles. The number of nitrogens with zero attached hydrogens (tertiary/aromatic N) is 4. The van der Waals surface area contributed by atoms with Crippen LogP contribution in [0.1, 0.15) is 18.1 Å². The van der Waals surface area contributed by atoms with Crippen LogP contribution in [-0.4, -0.2) is 25.3 Å². The van der Waals surface area contributed by atoms with E-state index in [1.165, 1.54) is 11.8 Å². The summed E-state index contributed by atoms with van der Waals surface area (Å²) in [6, 6.07) is 13.8. The topological polar surface area (TPSA) is 80.5 Å². The summed E-state index contributed by atoms with van der Waals surface area (Å²) in [5, 5.41) is 13.9. The van der Waals surface area contributed by atoms with Gasteiger partial charge in [0.15, 0.2) is 5.82 Å². The number of hydrogen-bond donors (Lipinski definition) is 1. The summed E-state index contributed by atoms with van der Waals surface area (Å²) in [4.78, 5) is 10.0. The Bertz CT molecular complexity index is 917. The first-order chi connectivity index (χ1) is 11.8. The summed E-state index contributed by atoms with van der Waals surface area (Å²) in [6.45, 7) is 1.99. The Morgan fingerprint density at radius 3 is 2.79 bits per heavy atom. The molecule has 24 heavy (non-hydrogen) atoms. The molecule has 8 heteroatoms. The van der Waals surface area contributed by atoms with Crippen molar-refractivity contribution < 1.29 is 4.52 Å². The van der Waals surface area contributed by atoms with Gasteiger partial charge in [0.2, 0.25) is 16.9 Å². The molecule has 0 bridgehead atoms. The first-order valence-electron chi connectivity index (χ1n) is 7.31. The molecule has 0 aliphatic rings. The van der Waals surface area contributed by atoms with E-state index < -0.39 is 0 Å². The number of hydrogen-bond acceptors (Lipinski definition) is 7. The summed E-state index contributed by atoms with van der Waals surface area (Å²) in [6.07, 6.45) is 0. The Morgan fingerprint density at radius 1 is 1.12 bits per heavy atom. The predicted octanol–water partition coefficient (Wildman–Crippen LogP) is 4.44. The predicted molar refractivity (Wildman–Crippen MR) is 93.7 cm³/mol. The highest BCUT2D eigenvalue weighted by Crippen LogP contribution is 2.33. The maximum Gasteiger partial charge on any atom is 0.240 e. The lowest BCUT2D eigenvalue weighted by atomic mass is 10.2. The molecular formula is C16H13N5OS2. The normalized spacial score (nSPS) is 12.4. The van der Waals surface area contributed by atoms with Gasteiger partial charge in [-0.1, -0.05) is 53.3 Å². The smallest absolute Gasteiger partial charge is 0.240 e. The van der Waals surface area contributed by atoms with E-state index in [1.54, 1.807) is 11.3 Å². The van der Waals surface area contributed by atoms with Crippen molar-refractivity contribution in [1.82, 2.24) is 25.3 Å². The van der Waals surface area contributed by atoms with Gasteiger partial charge in [0, 0.05) is 5.56 Å². The Hall–Kier alpha value is -2.45. The zero-order chi connectivity index (χ0) is 16.4. The van der Waals surface area contributed by atoms with Crippen LogP contribution in [0.2, 0.25) is 0 Å². The molecule has 0 fully saturated rings. The van der Waals surface area contributed by atoms with Crippen LogP contribution in [0, 0.1) is 0 Å². The van der Waals surface area contributed by atoms with Crippen LogP contribution in [0.4, 0.5) is 0 Å². The Kier molecular flexibility index (Phi) is 4.14. The minimum absolute atomic E-state index is 0.0399. The number of thioether (sulfide) groups is 1. The van der Waals surface area contributed by atoms with Gasteiger partial charge in [0.05, 0.1) is 10.1 Å². The maximum atomic E-state index is 5.39. The van der Waals surface area contributed by atoms with Gasteiger partial charge in [-0.15, -0.1) is 16.4 Å². The summed E-state index contributed by atoms with van der Waals surface area (Å²) in [7, 11) is 0. The third-order valence-corrected chi connectivity index (χ3v) is 5.15. The lowest BCUT2D eigenvalue weighted by Crippen LogP contribution is -1.90. The second-order valence-electron chi connectivity index (χ2n) is 5.03. The van der Waals surface area contributed by atoms with Gasteiger partial charge in [-0.2, -0.15) is 4.98 Å². The van der Waals surface area contributed by atoms with E-state index in [9.17, 15) is 0 Å². The Balaban J connectivity index is 1.49. The van der Waals surface area contributed by atoms with Crippen molar-refractivity contribution in [1.29, 1.82) is 0 Å². The maximum absolute atomic E-state index is 5.39. The molecule has 1 N–H and O–H groups in total. The van der Waals surface area contributed by atoms with Gasteiger partial charge >= 0.3 is 0 Å². The van der Waals surface area contributed by atoms with E-state index in [0.29, 0.717) is 16.9 Å². The van der Waals surface area contributed by atoms with Crippen molar-refractivity contribution in [3.8, 4) is 22.1 Å². The zero-order valence-electron chi connectivity index (χ0n) is 12.7. The van der Waals surface area contributed by atoms with Crippen LogP contribution in [0.25, 0.3) is 22.1 Å². The highest BCUT2D eigenvalue weighted by molar-refractivity contribution is 7.99. The number of H-pyrrole nitrogens is 1. The summed E-state index contributed by atoms with van der Waals surface area (Å²) in [5.74, 6) is 1.92. The van der Waals surface area contributed by atoms with E-state index in [2.05, 4.69) is 25.3 Å². The van der Waals surface area contributed by atoms with Crippen molar-refractivity contribution in [3.05, 3.63) is 53.7 Å². The van der Waals surface area contributed by atoms with Crippen molar-refractivity contribution in [3.63, 3.8) is 0 Å². The largest absolute Gasteiger partial charge is 0.338 e. The molecule has 4 rings (SSSR count). The fourth-order valence-corrected chi connectivity index (χ4v) is 3.55. The lowest BCUT2D eigenvalue weighted by molar-refractivity contribution is 0.380. The minimum atomic E-state index is -0.0399. The van der Waals surface area contributed by atoms with E-state index in [4.69, 9.17) is 4.52 Å². The molecule has 3 aromatic heterocycles. The molecule has 0 amide bonds. The molecule has 0 saturated heterocycles. The molecule has 0 saturated carbocycles. The van der Waals surface area contributed by atoms with Crippen molar-refractivity contribution in [2.75, 3.05) is 0 Å². The van der Waals surface area contributed by atoms with E-state index in [0.717, 1.165) is 16.3 Å². The monoisotopic (exact) mass is 355 g/mol. The van der Waals surface area contributed by atoms with Crippen LogP contribution in [-0.2, 0) is 0 Å². The van der Waals surface area contributed by atoms with Gasteiger partial charge in [-0.05, 0) is 18.4 Å². The van der Waals surface area contributed by atoms with E-state index in [-0.39, 0.29) is 5.25 Å². The van der Waals surface area contributed by atoms with Crippen molar-refractivity contribution >= 4 is 23.1 Å². The number of thiophene rings is 1. The third-order valence-electron chi connectivity index (χ3n) is 3.32. The van der Waals surface area contributed by atoms with Gasteiger partial charge in [-0.25, -0.2) is 4.98 Å². The molecule has 4 aromatic rings. The van der Waals surface area contributed by atoms with E-state index >= 15 is 0 Å².